The molecule has 3 saturated heterocycles. The molecule has 48 heavy (non-hydrogen) atoms. The molecule has 0 amide bonds. The van der Waals surface area contributed by atoms with Crippen molar-refractivity contribution in [3.05, 3.63) is 12.3 Å². The Bertz CT molecular complexity index is 1140. The third-order valence-corrected chi connectivity index (χ3v) is 10.9. The molecule has 0 bridgehead atoms. The minimum atomic E-state index is -1.75. The summed E-state index contributed by atoms with van der Waals surface area (Å²) in [5.74, 6) is -2.82. The predicted octanol–water partition coefficient (Wildman–Crippen LogP) is -4.92. The van der Waals surface area contributed by atoms with E-state index in [1.165, 1.54) is 13.2 Å². The molecule has 2 saturated carbocycles. The Labute approximate surface area is 275 Å². The van der Waals surface area contributed by atoms with Gasteiger partial charge in [0, 0.05) is 37.0 Å². The molecule has 6 aliphatic rings. The van der Waals surface area contributed by atoms with E-state index in [4.69, 9.17) is 33.2 Å². The quantitative estimate of drug-likeness (QED) is 0.113. The Morgan fingerprint density at radius 2 is 1.19 bits per heavy atom. The van der Waals surface area contributed by atoms with Crippen molar-refractivity contribution >= 4 is 0 Å². The lowest BCUT2D eigenvalue weighted by atomic mass is 9.82. The van der Waals surface area contributed by atoms with E-state index in [9.17, 15) is 56.2 Å². The zero-order chi connectivity index (χ0) is 34.9. The molecular formula is C30H48O18. The molecule has 0 aromatic heterocycles. The highest BCUT2D eigenvalue weighted by Crippen LogP contribution is 2.52. The molecule has 0 radical (unpaired) electrons. The van der Waals surface area contributed by atoms with Gasteiger partial charge < -0.3 is 89.3 Å². The molecule has 0 aromatic carbocycles. The van der Waals surface area contributed by atoms with Crippen LogP contribution in [0.5, 0.6) is 0 Å². The lowest BCUT2D eigenvalue weighted by Crippen LogP contribution is -2.61. The smallest absolute Gasteiger partial charge is 0.207 e. The maximum absolute atomic E-state index is 11.5. The van der Waals surface area contributed by atoms with Crippen LogP contribution in [0.3, 0.4) is 0 Å². The summed E-state index contributed by atoms with van der Waals surface area (Å²) in [4.78, 5) is 0. The van der Waals surface area contributed by atoms with Crippen molar-refractivity contribution in [1.82, 2.24) is 0 Å². The average molecular weight is 697 g/mol. The molecule has 6 rings (SSSR count). The third kappa shape index (κ3) is 6.54. The van der Waals surface area contributed by atoms with Crippen LogP contribution in [0.15, 0.2) is 12.3 Å². The summed E-state index contributed by atoms with van der Waals surface area (Å²) in [5, 5.41) is 115. The van der Waals surface area contributed by atoms with E-state index in [1.54, 1.807) is 13.0 Å². The van der Waals surface area contributed by atoms with Crippen molar-refractivity contribution in [2.45, 2.75) is 137 Å². The second-order valence-electron chi connectivity index (χ2n) is 14.3. The second kappa shape index (κ2) is 13.8. The van der Waals surface area contributed by atoms with Crippen LogP contribution < -0.4 is 0 Å². The molecule has 18 heteroatoms. The number of ether oxygens (including phenoxy) is 7. The summed E-state index contributed by atoms with van der Waals surface area (Å²) < 4.78 is 41.1. The fraction of sp³-hybridized carbons (Fsp3) is 0.933. The van der Waals surface area contributed by atoms with Gasteiger partial charge in [0.25, 0.3) is 0 Å². The van der Waals surface area contributed by atoms with Gasteiger partial charge in [-0.15, -0.1) is 0 Å². The van der Waals surface area contributed by atoms with Gasteiger partial charge in [0.2, 0.25) is 6.29 Å². The van der Waals surface area contributed by atoms with Crippen LogP contribution in [0.2, 0.25) is 0 Å². The fourth-order valence-corrected chi connectivity index (χ4v) is 8.34. The Morgan fingerprint density at radius 1 is 0.646 bits per heavy atom. The van der Waals surface area contributed by atoms with Crippen molar-refractivity contribution in [2.24, 2.45) is 23.7 Å². The second-order valence-corrected chi connectivity index (χ2v) is 14.3. The molecule has 2 aliphatic carbocycles. The molecular weight excluding hydrogens is 648 g/mol. The molecule has 4 heterocycles. The highest BCUT2D eigenvalue weighted by Gasteiger charge is 2.61. The van der Waals surface area contributed by atoms with Gasteiger partial charge >= 0.3 is 0 Å². The van der Waals surface area contributed by atoms with Gasteiger partial charge in [-0.05, 0) is 19.9 Å². The summed E-state index contributed by atoms with van der Waals surface area (Å²) in [6.45, 7) is 1.70. The van der Waals surface area contributed by atoms with Crippen LogP contribution in [0.1, 0.15) is 33.1 Å². The highest BCUT2D eigenvalue weighted by atomic mass is 16.8. The van der Waals surface area contributed by atoms with E-state index < -0.39 is 141 Å². The van der Waals surface area contributed by atoms with Gasteiger partial charge in [0.15, 0.2) is 25.2 Å². The van der Waals surface area contributed by atoms with E-state index >= 15 is 0 Å². The molecule has 0 spiro atoms. The van der Waals surface area contributed by atoms with Crippen LogP contribution in [-0.2, 0) is 33.2 Å². The summed E-state index contributed by atoms with van der Waals surface area (Å²) in [6, 6.07) is 0. The molecule has 21 atom stereocenters. The van der Waals surface area contributed by atoms with Gasteiger partial charge in [-0.2, -0.15) is 0 Å². The summed E-state index contributed by atoms with van der Waals surface area (Å²) in [5.41, 5.74) is -2.97. The standard InChI is InChI=1S/C30H48O18/c1-29(40)6-12(33)11-5-16(46-26(18(11)29)48-28-24(39)22(37)20(35)15(9-32)45-28)43-13-7-30(2,41)17-10(13)3-4-42-25(17)47-27-23(38)21(36)19(34)14(8-31)44-27/h3-4,10-28,31-41H,5-9H2,1-2H3/t10-,11+,12-,13+,14+,15+,16+,17+,18-,19+,20+,21-,22-,23+,24+,25-,26+,27-,28-,29+,30-/m1/s1. The molecule has 4 aliphatic heterocycles. The number of aliphatic hydroxyl groups is 11. The number of aliphatic hydroxyl groups excluding tert-OH is 9. The van der Waals surface area contributed by atoms with Crippen molar-refractivity contribution < 1.29 is 89.3 Å². The minimum Gasteiger partial charge on any atom is -0.472 e. The Hall–Kier alpha value is -1.14. The van der Waals surface area contributed by atoms with Crippen molar-refractivity contribution in [3.63, 3.8) is 0 Å². The van der Waals surface area contributed by atoms with Gasteiger partial charge in [-0.25, -0.2) is 0 Å². The maximum atomic E-state index is 11.5. The van der Waals surface area contributed by atoms with Crippen LogP contribution in [0.25, 0.3) is 0 Å². The van der Waals surface area contributed by atoms with E-state index in [0.717, 1.165) is 0 Å². The number of hydrogen-bond donors (Lipinski definition) is 11. The first-order chi connectivity index (χ1) is 22.6. The van der Waals surface area contributed by atoms with Crippen molar-refractivity contribution in [3.8, 4) is 0 Å². The van der Waals surface area contributed by atoms with Crippen LogP contribution in [-0.4, -0.2) is 173 Å². The molecule has 276 valence electrons. The molecule has 0 aromatic rings. The number of hydrogen-bond acceptors (Lipinski definition) is 18. The first-order valence-corrected chi connectivity index (χ1v) is 16.3. The largest absolute Gasteiger partial charge is 0.472 e. The normalized spacial score (nSPS) is 56.8. The topological polar surface area (TPSA) is 287 Å². The summed E-state index contributed by atoms with van der Waals surface area (Å²) >= 11 is 0. The van der Waals surface area contributed by atoms with Gasteiger partial charge in [-0.1, -0.05) is 0 Å². The molecule has 0 unspecified atom stereocenters. The maximum Gasteiger partial charge on any atom is 0.207 e. The van der Waals surface area contributed by atoms with Crippen LogP contribution in [0, 0.1) is 23.7 Å². The Balaban J connectivity index is 1.18. The van der Waals surface area contributed by atoms with E-state index in [-0.39, 0.29) is 19.3 Å². The monoisotopic (exact) mass is 696 g/mol. The predicted molar refractivity (Wildman–Crippen MR) is 152 cm³/mol. The lowest BCUT2D eigenvalue weighted by molar-refractivity contribution is -0.386. The van der Waals surface area contributed by atoms with Crippen LogP contribution >= 0.6 is 0 Å². The lowest BCUT2D eigenvalue weighted by Gasteiger charge is -2.46. The highest BCUT2D eigenvalue weighted by molar-refractivity contribution is 5.11. The SMILES string of the molecule is C[C@]1(O)C[C@@H](O)[C@@H]2C[C@@H](O[C@H]3C[C@@](C)(O)[C@@H]4[C@@H](O[C@H]5O[C@@H](CO)[C@H](O)[C@@H](O)[C@@H]5O)OC=C[C@@H]43)O[C@@H](O[C@H]3O[C@@H](CO)[C@H](O)[C@@H](O)[C@@H]3O)[C@@H]21. The number of fused-ring (bicyclic) bond motifs is 2. The first-order valence-electron chi connectivity index (χ1n) is 16.3. The Kier molecular flexibility index (Phi) is 10.5. The molecule has 11 N–H and O–H groups in total. The fourth-order valence-electron chi connectivity index (χ4n) is 8.34. The zero-order valence-corrected chi connectivity index (χ0v) is 26.4. The van der Waals surface area contributed by atoms with Gasteiger partial charge in [-0.3, -0.25) is 0 Å². The average Bonchev–Trinajstić information content (AvgIpc) is 3.44. The summed E-state index contributed by atoms with van der Waals surface area (Å²) in [7, 11) is 0. The molecule has 18 nitrogen and oxygen atoms in total. The van der Waals surface area contributed by atoms with Crippen molar-refractivity contribution in [2.75, 3.05) is 13.2 Å². The van der Waals surface area contributed by atoms with Gasteiger partial charge in [0.05, 0.1) is 48.8 Å². The minimum absolute atomic E-state index is 0.0210. The third-order valence-electron chi connectivity index (χ3n) is 10.9. The van der Waals surface area contributed by atoms with Crippen molar-refractivity contribution in [1.29, 1.82) is 0 Å². The van der Waals surface area contributed by atoms with E-state index in [2.05, 4.69) is 0 Å². The summed E-state index contributed by atoms with van der Waals surface area (Å²) in [6.07, 6.45) is -17.9. The van der Waals surface area contributed by atoms with Crippen LogP contribution in [0.4, 0.5) is 0 Å². The number of rotatable bonds is 8. The van der Waals surface area contributed by atoms with E-state index in [0.29, 0.717) is 0 Å². The first kappa shape index (κ1) is 36.6. The Morgan fingerprint density at radius 3 is 1.75 bits per heavy atom. The van der Waals surface area contributed by atoms with Gasteiger partial charge in [0.1, 0.15) is 48.8 Å². The zero-order valence-electron chi connectivity index (χ0n) is 26.4. The van der Waals surface area contributed by atoms with E-state index in [1.807, 2.05) is 0 Å². The molecule has 5 fully saturated rings.